The van der Waals surface area contributed by atoms with Gasteiger partial charge in [-0.1, -0.05) is 30.3 Å². The summed E-state index contributed by atoms with van der Waals surface area (Å²) in [6.07, 6.45) is 2.90. The van der Waals surface area contributed by atoms with Crippen LogP contribution < -0.4 is 24.4 Å². The molecule has 2 heterocycles. The molecule has 1 saturated heterocycles. The van der Waals surface area contributed by atoms with Crippen molar-refractivity contribution >= 4 is 40.9 Å². The zero-order valence-corrected chi connectivity index (χ0v) is 34.5. The van der Waals surface area contributed by atoms with Crippen molar-refractivity contribution in [3.05, 3.63) is 113 Å². The molecule has 4 aromatic rings. The molecule has 2 aliphatic heterocycles. The number of aryl methyl sites for hydroxylation is 1. The van der Waals surface area contributed by atoms with E-state index in [0.717, 1.165) is 51.0 Å². The van der Waals surface area contributed by atoms with Crippen LogP contribution in [0.4, 0.5) is 11.4 Å². The van der Waals surface area contributed by atoms with E-state index in [4.69, 9.17) is 14.2 Å². The lowest BCUT2D eigenvalue weighted by molar-refractivity contribution is -0.132. The van der Waals surface area contributed by atoms with Crippen molar-refractivity contribution in [3.8, 4) is 17.2 Å². The van der Waals surface area contributed by atoms with Gasteiger partial charge in [0.05, 0.1) is 47.9 Å². The topological polar surface area (TPSA) is 138 Å². The predicted octanol–water partition coefficient (Wildman–Crippen LogP) is 6.70. The third kappa shape index (κ3) is 10.3. The fourth-order valence-corrected chi connectivity index (χ4v) is 7.17. The Labute approximate surface area is 345 Å². The molecule has 2 aliphatic rings. The smallest absolute Gasteiger partial charge is 0.261 e. The minimum Gasteiger partial charge on any atom is -0.495 e. The number of ether oxygens (including phenoxy) is 3. The van der Waals surface area contributed by atoms with Crippen molar-refractivity contribution in [3.63, 3.8) is 0 Å². The number of nitrogens with one attached hydrogen (secondary N) is 1. The summed E-state index contributed by atoms with van der Waals surface area (Å²) in [6, 6.07) is 24.1. The van der Waals surface area contributed by atoms with E-state index in [0.29, 0.717) is 59.0 Å². The third-order valence-electron chi connectivity index (χ3n) is 10.7. The van der Waals surface area contributed by atoms with Crippen LogP contribution in [0.5, 0.6) is 17.2 Å². The number of likely N-dealkylation sites (N-methyl/N-ethyl adjacent to an activating group) is 1. The number of nitrogens with zero attached hydrogens (tertiary/aromatic N) is 4. The molecule has 310 valence electrons. The maximum absolute atomic E-state index is 13.8. The number of hydrogen-bond acceptors (Lipinski definition) is 9. The lowest BCUT2D eigenvalue weighted by Crippen LogP contribution is -2.47. The van der Waals surface area contributed by atoms with Crippen molar-refractivity contribution in [1.29, 1.82) is 0 Å². The van der Waals surface area contributed by atoms with Crippen LogP contribution in [0.1, 0.15) is 86.0 Å². The van der Waals surface area contributed by atoms with E-state index < -0.39 is 12.0 Å². The minimum atomic E-state index is -0.453. The van der Waals surface area contributed by atoms with E-state index in [1.165, 1.54) is 16.9 Å². The predicted molar refractivity (Wildman–Crippen MR) is 226 cm³/mol. The van der Waals surface area contributed by atoms with Gasteiger partial charge in [-0.2, -0.15) is 0 Å². The number of carbonyl (C=O) groups excluding carboxylic acids is 5. The highest BCUT2D eigenvalue weighted by Gasteiger charge is 2.35. The number of amides is 5. The molecule has 0 saturated carbocycles. The molecule has 6 rings (SSSR count). The lowest BCUT2D eigenvalue weighted by Gasteiger charge is -2.32. The van der Waals surface area contributed by atoms with Gasteiger partial charge in [0.2, 0.25) is 5.91 Å². The maximum atomic E-state index is 13.8. The van der Waals surface area contributed by atoms with Crippen LogP contribution >= 0.6 is 0 Å². The Bertz CT molecular complexity index is 2150. The molecule has 1 fully saturated rings. The average molecular weight is 804 g/mol. The van der Waals surface area contributed by atoms with E-state index in [1.54, 1.807) is 73.8 Å². The molecule has 0 spiro atoms. The highest BCUT2D eigenvalue weighted by molar-refractivity contribution is 6.21. The zero-order valence-electron chi connectivity index (χ0n) is 34.5. The number of hydrogen-bond donors (Lipinski definition) is 1. The molecule has 1 unspecified atom stereocenters. The van der Waals surface area contributed by atoms with Gasteiger partial charge in [-0.25, -0.2) is 0 Å². The van der Waals surface area contributed by atoms with E-state index in [9.17, 15) is 24.0 Å². The van der Waals surface area contributed by atoms with Gasteiger partial charge >= 0.3 is 0 Å². The van der Waals surface area contributed by atoms with Crippen LogP contribution in [0.25, 0.3) is 0 Å². The molecule has 1 atom stereocenters. The number of fused-ring (bicyclic) bond motifs is 1. The van der Waals surface area contributed by atoms with Crippen LogP contribution in [0.3, 0.4) is 0 Å². The summed E-state index contributed by atoms with van der Waals surface area (Å²) >= 11 is 0. The molecular formula is C46H53N5O8. The second-order valence-corrected chi connectivity index (χ2v) is 15.1. The number of piperazine rings is 1. The second kappa shape index (κ2) is 19.5. The van der Waals surface area contributed by atoms with Crippen LogP contribution in [0.2, 0.25) is 0 Å². The highest BCUT2D eigenvalue weighted by atomic mass is 16.5. The van der Waals surface area contributed by atoms with Crippen LogP contribution in [0.15, 0.2) is 84.9 Å². The number of para-hydroxylation sites is 1. The molecular weight excluding hydrogens is 751 g/mol. The monoisotopic (exact) mass is 803 g/mol. The molecule has 59 heavy (non-hydrogen) atoms. The number of imide groups is 1. The van der Waals surface area contributed by atoms with Crippen LogP contribution in [-0.2, 0) is 4.79 Å². The molecule has 1 N–H and O–H groups in total. The first kappa shape index (κ1) is 42.4. The largest absolute Gasteiger partial charge is 0.495 e. The Morgan fingerprint density at radius 1 is 0.814 bits per heavy atom. The summed E-state index contributed by atoms with van der Waals surface area (Å²) in [7, 11) is 5.22. The van der Waals surface area contributed by atoms with E-state index in [1.807, 2.05) is 36.9 Å². The van der Waals surface area contributed by atoms with Crippen LogP contribution in [-0.4, -0.2) is 111 Å². The van der Waals surface area contributed by atoms with Crippen molar-refractivity contribution in [2.45, 2.75) is 52.1 Å². The molecule has 4 aromatic carbocycles. The SMILES string of the molecule is COc1cc(C(=O)N(C)c2ccc(C)cc2OCCCCCC(=O)N2CCN(C)CC2)ccc1NC(=O)c1ccccc1OC(C)CCN1C(=O)c2ccccc2C1=O. The van der Waals surface area contributed by atoms with E-state index in [2.05, 4.69) is 17.3 Å². The van der Waals surface area contributed by atoms with E-state index in [-0.39, 0.29) is 41.5 Å². The summed E-state index contributed by atoms with van der Waals surface area (Å²) in [5, 5.41) is 2.89. The number of rotatable bonds is 17. The molecule has 13 nitrogen and oxygen atoms in total. The van der Waals surface area contributed by atoms with Gasteiger partial charge in [0.25, 0.3) is 23.6 Å². The van der Waals surface area contributed by atoms with Gasteiger partial charge in [-0.05, 0) is 100 Å². The Morgan fingerprint density at radius 2 is 1.51 bits per heavy atom. The summed E-state index contributed by atoms with van der Waals surface area (Å²) in [5.41, 5.74) is 3.36. The van der Waals surface area contributed by atoms with Gasteiger partial charge in [0.1, 0.15) is 17.2 Å². The fraction of sp³-hybridized carbons (Fsp3) is 0.370. The summed E-state index contributed by atoms with van der Waals surface area (Å²) in [4.78, 5) is 72.6. The molecule has 5 amide bonds. The Balaban J connectivity index is 1.03. The first-order chi connectivity index (χ1) is 28.4. The quantitative estimate of drug-likeness (QED) is 0.0914. The molecule has 0 radical (unpaired) electrons. The van der Waals surface area contributed by atoms with Crippen molar-refractivity contribution in [1.82, 2.24) is 14.7 Å². The molecule has 13 heteroatoms. The van der Waals surface area contributed by atoms with Gasteiger partial charge in [0.15, 0.2) is 0 Å². The fourth-order valence-electron chi connectivity index (χ4n) is 7.17. The van der Waals surface area contributed by atoms with Crippen molar-refractivity contribution in [2.75, 3.05) is 70.8 Å². The number of carbonyl (C=O) groups is 5. The molecule has 0 aliphatic carbocycles. The first-order valence-corrected chi connectivity index (χ1v) is 20.1. The van der Waals surface area contributed by atoms with Crippen molar-refractivity contribution in [2.24, 2.45) is 0 Å². The first-order valence-electron chi connectivity index (χ1n) is 20.1. The minimum absolute atomic E-state index is 0.166. The molecule has 0 aromatic heterocycles. The molecule has 0 bridgehead atoms. The summed E-state index contributed by atoms with van der Waals surface area (Å²) in [6.45, 7) is 7.79. The van der Waals surface area contributed by atoms with Crippen molar-refractivity contribution < 1.29 is 38.2 Å². The maximum Gasteiger partial charge on any atom is 0.261 e. The zero-order chi connectivity index (χ0) is 42.1. The van der Waals surface area contributed by atoms with E-state index >= 15 is 0 Å². The second-order valence-electron chi connectivity index (χ2n) is 15.1. The Kier molecular flexibility index (Phi) is 14.0. The normalized spacial score (nSPS) is 14.5. The highest BCUT2D eigenvalue weighted by Crippen LogP contribution is 2.33. The van der Waals surface area contributed by atoms with Gasteiger partial charge < -0.3 is 34.2 Å². The Hall–Kier alpha value is -6.21. The standard InChI is InChI=1S/C46H53N5O8/c1-31-18-21-38(41(29-31)58-28-12-6-7-17-42(52)50-26-24-48(3)25-27-50)49(4)44(54)33-19-20-37(40(30-33)57-5)47-43(53)36-15-10-11-16-39(36)59-32(2)22-23-51-45(55)34-13-8-9-14-35(34)46(51)56/h8-11,13-16,18-21,29-30,32H,6-7,12,17,22-28H2,1-5H3,(H,47,53). The van der Waals surface area contributed by atoms with Gasteiger partial charge in [-0.15, -0.1) is 0 Å². The number of anilines is 2. The number of benzene rings is 4. The van der Waals surface area contributed by atoms with Crippen LogP contribution in [0, 0.1) is 6.92 Å². The van der Waals surface area contributed by atoms with Gasteiger partial charge in [0, 0.05) is 58.2 Å². The van der Waals surface area contributed by atoms with Gasteiger partial charge in [-0.3, -0.25) is 28.9 Å². The number of unbranched alkanes of at least 4 members (excludes halogenated alkanes) is 2. The number of methoxy groups -OCH3 is 1. The Morgan fingerprint density at radius 3 is 2.22 bits per heavy atom. The lowest BCUT2D eigenvalue weighted by atomic mass is 10.1. The summed E-state index contributed by atoms with van der Waals surface area (Å²) < 4.78 is 18.0. The third-order valence-corrected chi connectivity index (χ3v) is 10.7. The average Bonchev–Trinajstić information content (AvgIpc) is 3.48. The summed E-state index contributed by atoms with van der Waals surface area (Å²) in [5.74, 6) is 0.0114.